The molecule has 100 valence electrons. The number of hydrogen-bond donors (Lipinski definition) is 2. The van der Waals surface area contributed by atoms with Crippen LogP contribution in [0.4, 0.5) is 0 Å². The molecule has 0 spiro atoms. The van der Waals surface area contributed by atoms with E-state index in [4.69, 9.17) is 14.4 Å². The van der Waals surface area contributed by atoms with Crippen LogP contribution in [0.2, 0.25) is 0 Å². The summed E-state index contributed by atoms with van der Waals surface area (Å²) in [6.45, 7) is 1.77. The third-order valence-corrected chi connectivity index (χ3v) is 1.93. The van der Waals surface area contributed by atoms with Crippen LogP contribution in [0.1, 0.15) is 18.1 Å². The van der Waals surface area contributed by atoms with Gasteiger partial charge >= 0.3 is 5.97 Å². The van der Waals surface area contributed by atoms with Crippen LogP contribution in [-0.4, -0.2) is 46.9 Å². The van der Waals surface area contributed by atoms with Gasteiger partial charge in [-0.3, -0.25) is 4.79 Å². The molecule has 0 aromatic carbocycles. The summed E-state index contributed by atoms with van der Waals surface area (Å²) >= 11 is 0. The zero-order valence-corrected chi connectivity index (χ0v) is 10.0. The lowest BCUT2D eigenvalue weighted by Crippen LogP contribution is -2.28. The maximum atomic E-state index is 11.3. The van der Waals surface area contributed by atoms with Gasteiger partial charge in [-0.05, 0) is 6.92 Å². The highest BCUT2D eigenvalue weighted by Crippen LogP contribution is 1.99. The first kappa shape index (κ1) is 14.1. The van der Waals surface area contributed by atoms with Gasteiger partial charge in [0, 0.05) is 19.4 Å². The van der Waals surface area contributed by atoms with E-state index in [1.54, 1.807) is 6.92 Å². The average molecular weight is 257 g/mol. The van der Waals surface area contributed by atoms with E-state index in [9.17, 15) is 9.59 Å². The fraction of sp³-hybridized carbons (Fsp3) is 0.600. The highest BCUT2D eigenvalue weighted by molar-refractivity contribution is 5.75. The van der Waals surface area contributed by atoms with E-state index < -0.39 is 5.97 Å². The summed E-state index contributed by atoms with van der Waals surface area (Å²) < 4.78 is 9.61. The van der Waals surface area contributed by atoms with E-state index in [0.29, 0.717) is 18.1 Å². The summed E-state index contributed by atoms with van der Waals surface area (Å²) in [5.74, 6) is -0.255. The van der Waals surface area contributed by atoms with Crippen LogP contribution in [0.25, 0.3) is 0 Å². The van der Waals surface area contributed by atoms with Gasteiger partial charge in [-0.25, -0.2) is 4.79 Å². The Morgan fingerprint density at radius 1 is 1.50 bits per heavy atom. The van der Waals surface area contributed by atoms with Gasteiger partial charge < -0.3 is 19.7 Å². The molecule has 8 nitrogen and oxygen atoms in total. The highest BCUT2D eigenvalue weighted by Gasteiger charge is 2.06. The third-order valence-electron chi connectivity index (χ3n) is 1.93. The minimum Gasteiger partial charge on any atom is -0.480 e. The van der Waals surface area contributed by atoms with Gasteiger partial charge in [-0.1, -0.05) is 5.16 Å². The van der Waals surface area contributed by atoms with Crippen molar-refractivity contribution in [3.8, 4) is 0 Å². The molecule has 1 amide bonds. The zero-order valence-electron chi connectivity index (χ0n) is 10.0. The number of aliphatic carboxylic acids is 1. The molecule has 0 saturated heterocycles. The monoisotopic (exact) mass is 257 g/mol. The summed E-state index contributed by atoms with van der Waals surface area (Å²) in [5, 5.41) is 14.5. The molecule has 0 aliphatic rings. The lowest BCUT2D eigenvalue weighted by atomic mass is 10.3. The molecule has 0 atom stereocenters. The number of nitrogens with one attached hydrogen (secondary N) is 1. The zero-order chi connectivity index (χ0) is 13.4. The number of carbonyl (C=O) groups excluding carboxylic acids is 1. The number of rotatable bonds is 8. The molecule has 0 fully saturated rings. The molecule has 18 heavy (non-hydrogen) atoms. The van der Waals surface area contributed by atoms with E-state index in [-0.39, 0.29) is 32.1 Å². The molecule has 1 aromatic heterocycles. The SMILES string of the molecule is Cc1noc(CCC(=O)NCCOCC(=O)O)n1. The normalized spacial score (nSPS) is 10.3. The molecular weight excluding hydrogens is 242 g/mol. The van der Waals surface area contributed by atoms with Crippen LogP contribution in [0.15, 0.2) is 4.52 Å². The third kappa shape index (κ3) is 5.94. The van der Waals surface area contributed by atoms with Gasteiger partial charge in [0.05, 0.1) is 6.61 Å². The van der Waals surface area contributed by atoms with E-state index in [1.165, 1.54) is 0 Å². The van der Waals surface area contributed by atoms with Crippen molar-refractivity contribution < 1.29 is 24.0 Å². The fourth-order valence-corrected chi connectivity index (χ4v) is 1.17. The Morgan fingerprint density at radius 3 is 2.89 bits per heavy atom. The molecule has 1 heterocycles. The van der Waals surface area contributed by atoms with E-state index in [0.717, 1.165) is 0 Å². The predicted octanol–water partition coefficient (Wildman–Crippen LogP) is -0.472. The van der Waals surface area contributed by atoms with Gasteiger partial charge in [0.15, 0.2) is 5.82 Å². The number of hydrogen-bond acceptors (Lipinski definition) is 6. The molecule has 1 rings (SSSR count). The number of carboxylic acids is 1. The molecule has 0 aliphatic heterocycles. The van der Waals surface area contributed by atoms with Crippen LogP contribution in [0.3, 0.4) is 0 Å². The Kier molecular flexibility index (Phi) is 5.78. The van der Waals surface area contributed by atoms with Crippen molar-refractivity contribution in [2.24, 2.45) is 0 Å². The van der Waals surface area contributed by atoms with Crippen molar-refractivity contribution in [2.45, 2.75) is 19.8 Å². The van der Waals surface area contributed by atoms with Crippen LogP contribution >= 0.6 is 0 Å². The second-order valence-electron chi connectivity index (χ2n) is 3.53. The first-order chi connectivity index (χ1) is 8.58. The first-order valence-corrected chi connectivity index (χ1v) is 5.43. The largest absolute Gasteiger partial charge is 0.480 e. The standard InChI is InChI=1S/C10H15N3O5/c1-7-12-9(18-13-7)3-2-8(14)11-4-5-17-6-10(15)16/h2-6H2,1H3,(H,11,14)(H,15,16). The van der Waals surface area contributed by atoms with Gasteiger partial charge in [0.25, 0.3) is 0 Å². The van der Waals surface area contributed by atoms with Crippen molar-refractivity contribution in [1.82, 2.24) is 15.5 Å². The molecule has 0 unspecified atom stereocenters. The lowest BCUT2D eigenvalue weighted by molar-refractivity contribution is -0.142. The average Bonchev–Trinajstić information content (AvgIpc) is 2.71. The summed E-state index contributed by atoms with van der Waals surface area (Å²) in [4.78, 5) is 25.4. The maximum absolute atomic E-state index is 11.3. The van der Waals surface area contributed by atoms with Crippen molar-refractivity contribution in [1.29, 1.82) is 0 Å². The summed E-state index contributed by atoms with van der Waals surface area (Å²) in [7, 11) is 0. The number of ether oxygens (including phenoxy) is 1. The van der Waals surface area contributed by atoms with Crippen LogP contribution in [0, 0.1) is 6.92 Å². The Bertz CT molecular complexity index is 404. The summed E-state index contributed by atoms with van der Waals surface area (Å²) in [6.07, 6.45) is 0.614. The number of aryl methyl sites for hydroxylation is 2. The number of aromatic nitrogens is 2. The molecule has 0 saturated carbocycles. The molecule has 8 heteroatoms. The van der Waals surface area contributed by atoms with Crippen molar-refractivity contribution in [3.05, 3.63) is 11.7 Å². The van der Waals surface area contributed by atoms with E-state index in [1.807, 2.05) is 0 Å². The minimum absolute atomic E-state index is 0.164. The highest BCUT2D eigenvalue weighted by atomic mass is 16.5. The molecular formula is C10H15N3O5. The number of carboxylic acid groups (broad SMARTS) is 1. The molecule has 0 aliphatic carbocycles. The van der Waals surface area contributed by atoms with Crippen molar-refractivity contribution in [3.63, 3.8) is 0 Å². The number of nitrogens with zero attached hydrogens (tertiary/aromatic N) is 2. The van der Waals surface area contributed by atoms with Gasteiger partial charge in [-0.2, -0.15) is 4.98 Å². The number of amides is 1. The van der Waals surface area contributed by atoms with Crippen molar-refractivity contribution in [2.75, 3.05) is 19.8 Å². The van der Waals surface area contributed by atoms with E-state index >= 15 is 0 Å². The molecule has 0 bridgehead atoms. The van der Waals surface area contributed by atoms with Crippen molar-refractivity contribution >= 4 is 11.9 Å². The second kappa shape index (κ2) is 7.38. The molecule has 1 aromatic rings. The smallest absolute Gasteiger partial charge is 0.329 e. The van der Waals surface area contributed by atoms with Gasteiger partial charge in [-0.15, -0.1) is 0 Å². The number of carbonyl (C=O) groups is 2. The lowest BCUT2D eigenvalue weighted by Gasteiger charge is -2.03. The maximum Gasteiger partial charge on any atom is 0.329 e. The predicted molar refractivity (Wildman–Crippen MR) is 58.8 cm³/mol. The first-order valence-electron chi connectivity index (χ1n) is 5.43. The van der Waals surface area contributed by atoms with Crippen LogP contribution in [-0.2, 0) is 20.7 Å². The molecule has 2 N–H and O–H groups in total. The summed E-state index contributed by atoms with van der Waals surface area (Å²) in [5.41, 5.74) is 0. The summed E-state index contributed by atoms with van der Waals surface area (Å²) in [6, 6.07) is 0. The van der Waals surface area contributed by atoms with Crippen LogP contribution in [0.5, 0.6) is 0 Å². The Balaban J connectivity index is 2.05. The van der Waals surface area contributed by atoms with Gasteiger partial charge in [0.2, 0.25) is 11.8 Å². The fourth-order valence-electron chi connectivity index (χ4n) is 1.17. The Hall–Kier alpha value is -1.96. The quantitative estimate of drug-likeness (QED) is 0.605. The second-order valence-corrected chi connectivity index (χ2v) is 3.53. The van der Waals surface area contributed by atoms with Crippen LogP contribution < -0.4 is 5.32 Å². The Morgan fingerprint density at radius 2 is 2.28 bits per heavy atom. The van der Waals surface area contributed by atoms with Gasteiger partial charge in [0.1, 0.15) is 6.61 Å². The van der Waals surface area contributed by atoms with E-state index in [2.05, 4.69) is 15.5 Å². The minimum atomic E-state index is -1.03. The Labute approximate surface area is 103 Å². The molecule has 0 radical (unpaired) electrons. The topological polar surface area (TPSA) is 115 Å².